The van der Waals surface area contributed by atoms with Gasteiger partial charge in [0.25, 0.3) is 5.56 Å². The van der Waals surface area contributed by atoms with Crippen LogP contribution in [0.3, 0.4) is 0 Å². The summed E-state index contributed by atoms with van der Waals surface area (Å²) in [7, 11) is 6.21. The highest BCUT2D eigenvalue weighted by Crippen LogP contribution is 2.48. The van der Waals surface area contributed by atoms with Crippen LogP contribution in [0.25, 0.3) is 10.9 Å². The maximum atomic E-state index is 13.5. The number of benzene rings is 2. The number of ether oxygens (including phenoxy) is 4. The Morgan fingerprint density at radius 3 is 2.35 bits per heavy atom. The Hall–Kier alpha value is -4.12. The number of fused-ring (bicyclic) bond motifs is 3. The minimum Gasteiger partial charge on any atom is -0.496 e. The number of nitrogens with two attached hydrogens (primary N) is 1. The number of aromatic nitrogens is 1. The van der Waals surface area contributed by atoms with E-state index in [1.54, 1.807) is 19.2 Å². The smallest absolute Gasteiger partial charge is 0.258 e. The Balaban J connectivity index is 2.14. The van der Waals surface area contributed by atoms with Gasteiger partial charge in [0.2, 0.25) is 5.88 Å². The predicted molar refractivity (Wildman–Crippen MR) is 115 cm³/mol. The summed E-state index contributed by atoms with van der Waals surface area (Å²) in [5, 5.41) is 10.6. The van der Waals surface area contributed by atoms with E-state index in [-0.39, 0.29) is 17.0 Å². The molecule has 0 saturated heterocycles. The Bertz CT molecular complexity index is 1330. The first-order valence-corrected chi connectivity index (χ1v) is 9.45. The molecule has 1 aliphatic heterocycles. The molecule has 1 atom stereocenters. The minimum absolute atomic E-state index is 0.0600. The molecule has 0 amide bonds. The second-order valence-corrected chi connectivity index (χ2v) is 7.00. The van der Waals surface area contributed by atoms with Crippen LogP contribution in [-0.2, 0) is 7.05 Å². The van der Waals surface area contributed by atoms with Crippen molar-refractivity contribution in [1.82, 2.24) is 4.57 Å². The molecule has 0 fully saturated rings. The number of nitrogens with zero attached hydrogens (tertiary/aromatic N) is 2. The van der Waals surface area contributed by atoms with Gasteiger partial charge >= 0.3 is 0 Å². The summed E-state index contributed by atoms with van der Waals surface area (Å²) in [6.45, 7) is 0. The molecular formula is C23H21N3O5. The van der Waals surface area contributed by atoms with Crippen molar-refractivity contribution in [3.05, 3.63) is 69.3 Å². The van der Waals surface area contributed by atoms with Crippen molar-refractivity contribution in [3.8, 4) is 29.1 Å². The number of hydrogen-bond acceptors (Lipinski definition) is 7. The van der Waals surface area contributed by atoms with Gasteiger partial charge in [0.15, 0.2) is 11.5 Å². The molecule has 0 bridgehead atoms. The van der Waals surface area contributed by atoms with E-state index in [4.69, 9.17) is 24.7 Å². The molecule has 8 heteroatoms. The van der Waals surface area contributed by atoms with E-state index >= 15 is 0 Å². The molecule has 1 aromatic heterocycles. The van der Waals surface area contributed by atoms with Crippen LogP contribution < -0.4 is 30.2 Å². The van der Waals surface area contributed by atoms with Crippen molar-refractivity contribution < 1.29 is 18.9 Å². The molecule has 2 aromatic carbocycles. The summed E-state index contributed by atoms with van der Waals surface area (Å²) >= 11 is 0. The second kappa shape index (κ2) is 7.61. The lowest BCUT2D eigenvalue weighted by atomic mass is 9.82. The number of methoxy groups -OCH3 is 3. The zero-order valence-electron chi connectivity index (χ0n) is 17.6. The van der Waals surface area contributed by atoms with Gasteiger partial charge < -0.3 is 29.2 Å². The predicted octanol–water partition coefficient (Wildman–Crippen LogP) is 2.78. The Morgan fingerprint density at radius 1 is 1.06 bits per heavy atom. The molecule has 1 aliphatic rings. The van der Waals surface area contributed by atoms with Crippen molar-refractivity contribution in [2.75, 3.05) is 21.3 Å². The average Bonchev–Trinajstić information content (AvgIpc) is 2.80. The molecule has 2 heterocycles. The maximum absolute atomic E-state index is 13.5. The van der Waals surface area contributed by atoms with Crippen LogP contribution >= 0.6 is 0 Å². The number of para-hydroxylation sites is 1. The van der Waals surface area contributed by atoms with Gasteiger partial charge in [-0.25, -0.2) is 0 Å². The van der Waals surface area contributed by atoms with Crippen LogP contribution in [0.15, 0.2) is 52.6 Å². The molecule has 0 radical (unpaired) electrons. The second-order valence-electron chi connectivity index (χ2n) is 7.00. The molecule has 2 N–H and O–H groups in total. The van der Waals surface area contributed by atoms with Crippen LogP contribution in [0, 0.1) is 11.3 Å². The van der Waals surface area contributed by atoms with Crippen molar-refractivity contribution in [2.24, 2.45) is 12.8 Å². The molecule has 0 spiro atoms. The SMILES string of the molecule is COc1cc(OC)c([C@@H]2C(C#N)=C(N)Oc3c2c(=O)n(C)c2ccccc32)cc1OC. The fraction of sp³-hybridized carbons (Fsp3) is 0.217. The van der Waals surface area contributed by atoms with E-state index in [2.05, 4.69) is 6.07 Å². The number of nitriles is 1. The van der Waals surface area contributed by atoms with Crippen molar-refractivity contribution in [3.63, 3.8) is 0 Å². The van der Waals surface area contributed by atoms with Crippen LogP contribution in [-0.4, -0.2) is 25.9 Å². The van der Waals surface area contributed by atoms with Crippen molar-refractivity contribution >= 4 is 10.9 Å². The summed E-state index contributed by atoms with van der Waals surface area (Å²) in [5.74, 6) is 0.766. The largest absolute Gasteiger partial charge is 0.496 e. The molecule has 8 nitrogen and oxygen atoms in total. The minimum atomic E-state index is -0.813. The summed E-state index contributed by atoms with van der Waals surface area (Å²) in [6, 6.07) is 12.8. The topological polar surface area (TPSA) is 109 Å². The normalized spacial score (nSPS) is 15.1. The highest BCUT2D eigenvalue weighted by molar-refractivity contribution is 5.88. The molecule has 0 saturated carbocycles. The third kappa shape index (κ3) is 2.94. The molecule has 158 valence electrons. The number of allylic oxidation sites excluding steroid dienone is 1. The Labute approximate surface area is 178 Å². The van der Waals surface area contributed by atoms with Gasteiger partial charge in [-0.05, 0) is 18.2 Å². The molecule has 31 heavy (non-hydrogen) atoms. The molecule has 4 rings (SSSR count). The van der Waals surface area contributed by atoms with E-state index in [1.165, 1.54) is 25.9 Å². The molecular weight excluding hydrogens is 398 g/mol. The van der Waals surface area contributed by atoms with Crippen LogP contribution in [0.5, 0.6) is 23.0 Å². The summed E-state index contributed by atoms with van der Waals surface area (Å²) in [5.41, 5.74) is 7.51. The molecule has 3 aromatic rings. The number of pyridine rings is 1. The Morgan fingerprint density at radius 2 is 1.71 bits per heavy atom. The summed E-state index contributed by atoms with van der Waals surface area (Å²) < 4.78 is 23.8. The standard InChI is InChI=1S/C23H21N3O5/c1-26-15-8-6-5-7-12(15)21-20(23(26)27)19(14(11-24)22(25)31-21)13-9-17(29-3)18(30-4)10-16(13)28-2/h5-10,19H,25H2,1-4H3/t19-/m1/s1. The van der Waals surface area contributed by atoms with Crippen molar-refractivity contribution in [2.45, 2.75) is 5.92 Å². The van der Waals surface area contributed by atoms with Gasteiger partial charge in [0.05, 0.1) is 38.3 Å². The number of rotatable bonds is 4. The van der Waals surface area contributed by atoms with E-state index in [0.29, 0.717) is 45.0 Å². The zero-order chi connectivity index (χ0) is 22.3. The van der Waals surface area contributed by atoms with Gasteiger partial charge in [-0.1, -0.05) is 12.1 Å². The zero-order valence-corrected chi connectivity index (χ0v) is 17.6. The van der Waals surface area contributed by atoms with E-state index in [9.17, 15) is 10.1 Å². The molecule has 0 aliphatic carbocycles. The van der Waals surface area contributed by atoms with Crippen LogP contribution in [0.4, 0.5) is 0 Å². The monoisotopic (exact) mass is 419 g/mol. The lowest BCUT2D eigenvalue weighted by Gasteiger charge is -2.29. The van der Waals surface area contributed by atoms with Gasteiger partial charge in [0.1, 0.15) is 23.1 Å². The van der Waals surface area contributed by atoms with Gasteiger partial charge in [-0.15, -0.1) is 0 Å². The first kappa shape index (κ1) is 20.2. The van der Waals surface area contributed by atoms with Gasteiger partial charge in [0, 0.05) is 24.1 Å². The average molecular weight is 419 g/mol. The number of aryl methyl sites for hydroxylation is 1. The third-order valence-corrected chi connectivity index (χ3v) is 5.51. The maximum Gasteiger partial charge on any atom is 0.258 e. The highest BCUT2D eigenvalue weighted by Gasteiger charge is 2.37. The highest BCUT2D eigenvalue weighted by atomic mass is 16.5. The van der Waals surface area contributed by atoms with E-state index in [1.807, 2.05) is 24.3 Å². The number of hydrogen-bond donors (Lipinski definition) is 1. The lowest BCUT2D eigenvalue weighted by molar-refractivity contribution is 0.346. The van der Waals surface area contributed by atoms with Crippen molar-refractivity contribution in [1.29, 1.82) is 5.26 Å². The van der Waals surface area contributed by atoms with Crippen LogP contribution in [0.2, 0.25) is 0 Å². The summed E-state index contributed by atoms with van der Waals surface area (Å²) in [4.78, 5) is 13.5. The fourth-order valence-corrected chi connectivity index (χ4v) is 4.02. The van der Waals surface area contributed by atoms with Crippen LogP contribution in [0.1, 0.15) is 17.0 Å². The van der Waals surface area contributed by atoms with E-state index < -0.39 is 5.92 Å². The lowest BCUT2D eigenvalue weighted by Crippen LogP contribution is -2.31. The van der Waals surface area contributed by atoms with Gasteiger partial charge in [-0.2, -0.15) is 5.26 Å². The van der Waals surface area contributed by atoms with E-state index in [0.717, 1.165) is 0 Å². The first-order chi connectivity index (χ1) is 15.0. The quantitative estimate of drug-likeness (QED) is 0.693. The first-order valence-electron chi connectivity index (χ1n) is 9.45. The fourth-order valence-electron chi connectivity index (χ4n) is 4.02. The molecule has 0 unspecified atom stereocenters. The van der Waals surface area contributed by atoms with Gasteiger partial charge in [-0.3, -0.25) is 4.79 Å². The third-order valence-electron chi connectivity index (χ3n) is 5.51. The Kier molecular flexibility index (Phi) is 4.95. The summed E-state index contributed by atoms with van der Waals surface area (Å²) in [6.07, 6.45) is 0.